The van der Waals surface area contributed by atoms with Gasteiger partial charge in [-0.25, -0.2) is 0 Å². The molecule has 0 amide bonds. The van der Waals surface area contributed by atoms with Crippen LogP contribution >= 0.6 is 0 Å². The molecular weight excluding hydrogens is 200 g/mol. The summed E-state index contributed by atoms with van der Waals surface area (Å²) in [4.78, 5) is 0. The Morgan fingerprint density at radius 3 is 2.56 bits per heavy atom. The van der Waals surface area contributed by atoms with Gasteiger partial charge in [-0.3, -0.25) is 0 Å². The Kier molecular flexibility index (Phi) is 5.33. The van der Waals surface area contributed by atoms with Gasteiger partial charge in [-0.05, 0) is 24.0 Å². The average molecular weight is 222 g/mol. The predicted octanol–water partition coefficient (Wildman–Crippen LogP) is 3.35. The van der Waals surface area contributed by atoms with Gasteiger partial charge in [0.15, 0.2) is 0 Å². The van der Waals surface area contributed by atoms with E-state index in [9.17, 15) is 5.11 Å². The van der Waals surface area contributed by atoms with Crippen LogP contribution in [0.4, 0.5) is 0 Å². The Morgan fingerprint density at radius 2 is 1.94 bits per heavy atom. The van der Waals surface area contributed by atoms with Crippen molar-refractivity contribution >= 4 is 0 Å². The largest absolute Gasteiger partial charge is 0.493 e. The molecule has 0 aromatic heterocycles. The molecule has 0 aliphatic heterocycles. The van der Waals surface area contributed by atoms with Crippen LogP contribution in [-0.4, -0.2) is 17.8 Å². The molecule has 1 N–H and O–H groups in total. The van der Waals surface area contributed by atoms with Crippen LogP contribution in [0.2, 0.25) is 0 Å². The van der Waals surface area contributed by atoms with Crippen molar-refractivity contribution in [1.29, 1.82) is 0 Å². The zero-order valence-corrected chi connectivity index (χ0v) is 10.4. The van der Waals surface area contributed by atoms with Crippen LogP contribution in [0.1, 0.15) is 45.1 Å². The first-order valence-electron chi connectivity index (χ1n) is 6.05. The number of hydrogen-bond donors (Lipinski definition) is 1. The normalized spacial score (nSPS) is 12.8. The Bertz CT molecular complexity index is 307. The molecule has 0 spiro atoms. The van der Waals surface area contributed by atoms with E-state index in [-0.39, 0.29) is 6.10 Å². The fourth-order valence-corrected chi connectivity index (χ4v) is 1.60. The number of benzene rings is 1. The smallest absolute Gasteiger partial charge is 0.122 e. The minimum atomic E-state index is -0.244. The van der Waals surface area contributed by atoms with E-state index in [2.05, 4.69) is 19.9 Å². The number of ether oxygens (including phenoxy) is 1. The minimum absolute atomic E-state index is 0.244. The average Bonchev–Trinajstić information content (AvgIpc) is 2.29. The van der Waals surface area contributed by atoms with Gasteiger partial charge < -0.3 is 9.84 Å². The van der Waals surface area contributed by atoms with Crippen molar-refractivity contribution in [2.24, 2.45) is 0 Å². The Labute approximate surface area is 98.3 Å². The molecule has 0 bridgehead atoms. The molecule has 0 saturated heterocycles. The quantitative estimate of drug-likeness (QED) is 0.799. The molecule has 90 valence electrons. The summed E-state index contributed by atoms with van der Waals surface area (Å²) in [7, 11) is 0. The first-order chi connectivity index (χ1) is 7.65. The number of para-hydroxylation sites is 1. The number of rotatable bonds is 6. The van der Waals surface area contributed by atoms with Gasteiger partial charge in [0, 0.05) is 6.42 Å². The zero-order valence-electron chi connectivity index (χ0n) is 10.4. The van der Waals surface area contributed by atoms with E-state index < -0.39 is 0 Å². The second-order valence-electron chi connectivity index (χ2n) is 4.39. The molecular formula is C14H22O2. The van der Waals surface area contributed by atoms with Crippen molar-refractivity contribution in [3.8, 4) is 5.75 Å². The van der Waals surface area contributed by atoms with Crippen LogP contribution in [0.15, 0.2) is 24.3 Å². The molecule has 0 aliphatic carbocycles. The lowest BCUT2D eigenvalue weighted by atomic mass is 10.0. The SMILES string of the molecule is CCC(O)CCOc1ccccc1C(C)C. The van der Waals surface area contributed by atoms with Gasteiger partial charge in [-0.2, -0.15) is 0 Å². The minimum Gasteiger partial charge on any atom is -0.493 e. The third-order valence-corrected chi connectivity index (χ3v) is 2.72. The maximum Gasteiger partial charge on any atom is 0.122 e. The molecule has 0 aliphatic rings. The topological polar surface area (TPSA) is 29.5 Å². The highest BCUT2D eigenvalue weighted by Crippen LogP contribution is 2.25. The second kappa shape index (κ2) is 6.54. The highest BCUT2D eigenvalue weighted by molar-refractivity contribution is 5.35. The lowest BCUT2D eigenvalue weighted by Crippen LogP contribution is -2.11. The molecule has 1 rings (SSSR count). The fourth-order valence-electron chi connectivity index (χ4n) is 1.60. The summed E-state index contributed by atoms with van der Waals surface area (Å²) in [6.07, 6.45) is 1.24. The van der Waals surface area contributed by atoms with Gasteiger partial charge >= 0.3 is 0 Å². The van der Waals surface area contributed by atoms with E-state index >= 15 is 0 Å². The van der Waals surface area contributed by atoms with E-state index in [1.165, 1.54) is 5.56 Å². The Morgan fingerprint density at radius 1 is 1.25 bits per heavy atom. The lowest BCUT2D eigenvalue weighted by molar-refractivity contribution is 0.135. The zero-order chi connectivity index (χ0) is 12.0. The van der Waals surface area contributed by atoms with Crippen molar-refractivity contribution in [2.75, 3.05) is 6.61 Å². The molecule has 0 radical (unpaired) electrons. The highest BCUT2D eigenvalue weighted by Gasteiger charge is 2.07. The summed E-state index contributed by atoms with van der Waals surface area (Å²) in [6.45, 7) is 6.87. The summed E-state index contributed by atoms with van der Waals surface area (Å²) in [5.41, 5.74) is 1.23. The number of aliphatic hydroxyl groups is 1. The first-order valence-corrected chi connectivity index (χ1v) is 6.05. The highest BCUT2D eigenvalue weighted by atomic mass is 16.5. The molecule has 0 fully saturated rings. The van der Waals surface area contributed by atoms with Gasteiger partial charge in [-0.1, -0.05) is 39.0 Å². The van der Waals surface area contributed by atoms with E-state index in [0.717, 1.165) is 12.2 Å². The van der Waals surface area contributed by atoms with Crippen molar-refractivity contribution < 1.29 is 9.84 Å². The Hall–Kier alpha value is -1.02. The van der Waals surface area contributed by atoms with Crippen LogP contribution in [0.5, 0.6) is 5.75 Å². The number of hydrogen-bond acceptors (Lipinski definition) is 2. The molecule has 16 heavy (non-hydrogen) atoms. The molecule has 1 unspecified atom stereocenters. The summed E-state index contributed by atoms with van der Waals surface area (Å²) >= 11 is 0. The van der Waals surface area contributed by atoms with Crippen molar-refractivity contribution in [3.63, 3.8) is 0 Å². The van der Waals surface area contributed by atoms with Crippen LogP contribution in [0.25, 0.3) is 0 Å². The van der Waals surface area contributed by atoms with E-state index in [1.54, 1.807) is 0 Å². The van der Waals surface area contributed by atoms with Crippen molar-refractivity contribution in [2.45, 2.75) is 45.6 Å². The van der Waals surface area contributed by atoms with Crippen LogP contribution < -0.4 is 4.74 Å². The van der Waals surface area contributed by atoms with E-state index in [4.69, 9.17) is 4.74 Å². The second-order valence-corrected chi connectivity index (χ2v) is 4.39. The van der Waals surface area contributed by atoms with Gasteiger partial charge in [0.2, 0.25) is 0 Å². The van der Waals surface area contributed by atoms with E-state index in [0.29, 0.717) is 18.9 Å². The maximum absolute atomic E-state index is 9.43. The molecule has 1 aromatic rings. The molecule has 2 heteroatoms. The van der Waals surface area contributed by atoms with Gasteiger partial charge in [0.05, 0.1) is 12.7 Å². The lowest BCUT2D eigenvalue weighted by Gasteiger charge is -2.14. The predicted molar refractivity (Wildman–Crippen MR) is 66.9 cm³/mol. The van der Waals surface area contributed by atoms with Crippen LogP contribution in [0.3, 0.4) is 0 Å². The van der Waals surface area contributed by atoms with E-state index in [1.807, 2.05) is 25.1 Å². The van der Waals surface area contributed by atoms with Crippen LogP contribution in [-0.2, 0) is 0 Å². The standard InChI is InChI=1S/C14H22O2/c1-4-12(15)9-10-16-14-8-6-5-7-13(14)11(2)3/h5-8,11-12,15H,4,9-10H2,1-3H3. The van der Waals surface area contributed by atoms with Crippen LogP contribution in [0, 0.1) is 0 Å². The fraction of sp³-hybridized carbons (Fsp3) is 0.571. The summed E-state index contributed by atoms with van der Waals surface area (Å²) < 4.78 is 5.71. The Balaban J connectivity index is 2.53. The third-order valence-electron chi connectivity index (χ3n) is 2.72. The molecule has 0 saturated carbocycles. The molecule has 2 nitrogen and oxygen atoms in total. The summed E-state index contributed by atoms with van der Waals surface area (Å²) in [5.74, 6) is 1.41. The molecule has 1 atom stereocenters. The molecule has 0 heterocycles. The van der Waals surface area contributed by atoms with Gasteiger partial charge in [0.25, 0.3) is 0 Å². The van der Waals surface area contributed by atoms with Crippen molar-refractivity contribution in [3.05, 3.63) is 29.8 Å². The summed E-state index contributed by atoms with van der Waals surface area (Å²) in [5, 5.41) is 9.43. The van der Waals surface area contributed by atoms with Crippen molar-refractivity contribution in [1.82, 2.24) is 0 Å². The summed E-state index contributed by atoms with van der Waals surface area (Å²) in [6, 6.07) is 8.10. The monoisotopic (exact) mass is 222 g/mol. The number of aliphatic hydroxyl groups excluding tert-OH is 1. The maximum atomic E-state index is 9.43. The third kappa shape index (κ3) is 3.86. The first kappa shape index (κ1) is 13.0. The van der Waals surface area contributed by atoms with Gasteiger partial charge in [-0.15, -0.1) is 0 Å². The molecule has 1 aromatic carbocycles. The van der Waals surface area contributed by atoms with Gasteiger partial charge in [0.1, 0.15) is 5.75 Å².